The van der Waals surface area contributed by atoms with Gasteiger partial charge in [0, 0.05) is 57.3 Å². The molecule has 2 aromatic heterocycles. The van der Waals surface area contributed by atoms with Crippen LogP contribution in [0.25, 0.3) is 15.7 Å². The Kier molecular flexibility index (Phi) is 7.00. The highest BCUT2D eigenvalue weighted by Gasteiger charge is 2.44. The molecule has 0 radical (unpaired) electrons. The molecule has 2 fully saturated rings. The number of aryl methyl sites for hydroxylation is 1. The van der Waals surface area contributed by atoms with Crippen LogP contribution in [0.4, 0.5) is 15.9 Å². The number of hydrogen-bond acceptors (Lipinski definition) is 8. The van der Waals surface area contributed by atoms with E-state index in [4.69, 9.17) is 29.5 Å². The summed E-state index contributed by atoms with van der Waals surface area (Å²) in [5, 5.41) is 8.24. The molecule has 3 aromatic rings. The van der Waals surface area contributed by atoms with Gasteiger partial charge in [-0.3, -0.25) is 9.89 Å². The number of benzene rings is 1. The monoisotopic (exact) mass is 627 g/mol. The molecule has 1 aliphatic carbocycles. The smallest absolute Gasteiger partial charge is 0.318 e. The van der Waals surface area contributed by atoms with Gasteiger partial charge in [-0.1, -0.05) is 12.6 Å². The summed E-state index contributed by atoms with van der Waals surface area (Å²) >= 11 is 0. The number of fused-ring (bicyclic) bond motifs is 2. The number of hydrogen-bond donors (Lipinski definition) is 1. The minimum Gasteiger partial charge on any atom is -0.463 e. The molecular formula is C31H40FN9O2S. The van der Waals surface area contributed by atoms with Crippen molar-refractivity contribution in [3.05, 3.63) is 59.0 Å². The summed E-state index contributed by atoms with van der Waals surface area (Å²) in [5.41, 5.74) is 3.94. The van der Waals surface area contributed by atoms with Gasteiger partial charge in [-0.15, -0.1) is 0 Å². The fourth-order valence-electron chi connectivity index (χ4n) is 6.25. The average molecular weight is 628 g/mol. The summed E-state index contributed by atoms with van der Waals surface area (Å²) < 4.78 is 66.9. The molecule has 3 aliphatic rings. The minimum absolute atomic E-state index is 0. The first-order valence-electron chi connectivity index (χ1n) is 17.3. The molecule has 2 aliphatic heterocycles. The largest absolute Gasteiger partial charge is 0.463 e. The van der Waals surface area contributed by atoms with Crippen LogP contribution in [0.15, 0.2) is 30.7 Å². The molecular weight excluding hydrogens is 581 g/mol. The van der Waals surface area contributed by atoms with Crippen molar-refractivity contribution in [2.75, 3.05) is 69.6 Å². The van der Waals surface area contributed by atoms with Crippen molar-refractivity contribution < 1.29 is 22.1 Å². The number of carbonyl (C=O) groups is 1. The third-order valence-electron chi connectivity index (χ3n) is 8.67. The van der Waals surface area contributed by atoms with Gasteiger partial charge in [-0.25, -0.2) is 11.0 Å². The Balaban J connectivity index is 0.00000486. The molecule has 1 saturated carbocycles. The molecule has 0 spiro atoms. The average Bonchev–Trinajstić information content (AvgIpc) is 3.65. The lowest BCUT2D eigenvalue weighted by atomic mass is 10.0. The summed E-state index contributed by atoms with van der Waals surface area (Å²) in [5.74, 6) is -1.32. The van der Waals surface area contributed by atoms with E-state index in [0.717, 1.165) is 33.4 Å². The summed E-state index contributed by atoms with van der Waals surface area (Å²) in [6.07, 6.45) is 3.56. The van der Waals surface area contributed by atoms with Crippen LogP contribution in [0.5, 0.6) is 6.01 Å². The maximum absolute atomic E-state index is 13.9. The maximum Gasteiger partial charge on any atom is 0.318 e. The second-order valence-corrected chi connectivity index (χ2v) is 11.7. The Morgan fingerprint density at radius 1 is 1.30 bits per heavy atom. The summed E-state index contributed by atoms with van der Waals surface area (Å²) in [7, 11) is 0. The molecule has 1 N–H and O–H groups in total. The molecule has 13 heteroatoms. The number of rotatable bonds is 9. The SMILES string of the molecule is S.[2H]C([2H])([2H])N(CC1(COc2nc3c(c(N4CCN(C(=O)C(=C)F)[C@@H](C[N+]#[C-])C4)n2)CCN(c2c(C)ccc4[nH]ncc24)C3)CC1)C([2H])([2H])[2H]. The zero-order valence-electron chi connectivity index (χ0n) is 30.6. The Hall–Kier alpha value is -3.89. The predicted molar refractivity (Wildman–Crippen MR) is 173 cm³/mol. The van der Waals surface area contributed by atoms with Crippen LogP contribution in [-0.4, -0.2) is 102 Å². The molecule has 11 nitrogen and oxygen atoms in total. The van der Waals surface area contributed by atoms with E-state index in [0.29, 0.717) is 49.6 Å². The Morgan fingerprint density at radius 3 is 2.84 bits per heavy atom. The van der Waals surface area contributed by atoms with Crippen LogP contribution < -0.4 is 14.5 Å². The lowest BCUT2D eigenvalue weighted by Crippen LogP contribution is -2.57. The number of anilines is 2. The topological polar surface area (TPSA) is 98.1 Å². The number of piperazine rings is 1. The molecule has 1 aromatic carbocycles. The zero-order valence-corrected chi connectivity index (χ0v) is 25.6. The van der Waals surface area contributed by atoms with Crippen molar-refractivity contribution in [2.24, 2.45) is 5.41 Å². The van der Waals surface area contributed by atoms with E-state index in [2.05, 4.69) is 26.5 Å². The van der Waals surface area contributed by atoms with E-state index in [1.165, 1.54) is 4.90 Å². The summed E-state index contributed by atoms with van der Waals surface area (Å²) in [6.45, 7) is 8.63. The second-order valence-electron chi connectivity index (χ2n) is 11.7. The Labute approximate surface area is 272 Å². The van der Waals surface area contributed by atoms with Gasteiger partial charge in [0.2, 0.25) is 6.54 Å². The first kappa shape index (κ1) is 24.4. The molecule has 4 heterocycles. The van der Waals surface area contributed by atoms with Crippen molar-refractivity contribution in [1.82, 2.24) is 30.0 Å². The van der Waals surface area contributed by atoms with Crippen LogP contribution in [0.3, 0.4) is 0 Å². The third-order valence-corrected chi connectivity index (χ3v) is 8.67. The molecule has 0 bridgehead atoms. The van der Waals surface area contributed by atoms with Crippen LogP contribution in [0.2, 0.25) is 0 Å². The molecule has 1 atom stereocenters. The van der Waals surface area contributed by atoms with Crippen molar-refractivity contribution >= 4 is 41.8 Å². The minimum atomic E-state index is -2.81. The number of H-pyrrole nitrogens is 1. The normalized spacial score (nSPS) is 21.5. The number of ether oxygens (including phenoxy) is 1. The lowest BCUT2D eigenvalue weighted by molar-refractivity contribution is -0.131. The van der Waals surface area contributed by atoms with Crippen molar-refractivity contribution in [1.29, 1.82) is 0 Å². The third kappa shape index (κ3) is 6.19. The van der Waals surface area contributed by atoms with E-state index in [1.807, 2.05) is 24.0 Å². The number of amides is 1. The summed E-state index contributed by atoms with van der Waals surface area (Å²) in [6, 6.07) is 3.49. The number of nitrogens with zero attached hydrogens (tertiary/aromatic N) is 8. The van der Waals surface area contributed by atoms with Gasteiger partial charge in [0.25, 0.3) is 5.91 Å². The Bertz CT molecular complexity index is 1800. The van der Waals surface area contributed by atoms with Crippen LogP contribution >= 0.6 is 13.5 Å². The number of nitrogens with one attached hydrogen (secondary N) is 1. The summed E-state index contributed by atoms with van der Waals surface area (Å²) in [4.78, 5) is 31.8. The predicted octanol–water partition coefficient (Wildman–Crippen LogP) is 3.48. The van der Waals surface area contributed by atoms with Gasteiger partial charge in [-0.2, -0.15) is 28.6 Å². The fourth-order valence-corrected chi connectivity index (χ4v) is 6.25. The maximum atomic E-state index is 13.9. The Morgan fingerprint density at radius 2 is 2.11 bits per heavy atom. The molecule has 6 rings (SSSR count). The van der Waals surface area contributed by atoms with Crippen LogP contribution in [-0.2, 0) is 17.8 Å². The van der Waals surface area contributed by atoms with Gasteiger partial charge >= 0.3 is 6.01 Å². The van der Waals surface area contributed by atoms with E-state index in [-0.39, 0.29) is 52.3 Å². The van der Waals surface area contributed by atoms with Gasteiger partial charge in [0.05, 0.1) is 36.2 Å². The number of aromatic amines is 1. The van der Waals surface area contributed by atoms with Crippen molar-refractivity contribution in [3.63, 3.8) is 0 Å². The molecule has 1 saturated heterocycles. The molecule has 0 unspecified atom stereocenters. The zero-order chi connectivity index (χ0) is 35.3. The second kappa shape index (κ2) is 12.6. The first-order valence-corrected chi connectivity index (χ1v) is 14.3. The standard InChI is InChI=1S/C31H38FN9O2.H2S/c1-20-6-7-25-24(15-34-37-25)27(20)39-11-8-23-26(17-39)35-30(43-19-31(9-10-31)18-38(4)5)36-28(23)40-12-13-41(29(42)21(2)32)22(16-40)14-33-3;/h6-7,15,22H,2,8-14,16-19H2,1,4-5H3,(H,34,37);1H2/t22-;/m0./s1/i4D3,5D3;. The van der Waals surface area contributed by atoms with E-state index >= 15 is 0 Å². The van der Waals surface area contributed by atoms with Gasteiger partial charge < -0.3 is 29.2 Å². The highest BCUT2D eigenvalue weighted by Crippen LogP contribution is 2.46. The van der Waals surface area contributed by atoms with Crippen LogP contribution in [0, 0.1) is 18.9 Å². The van der Waals surface area contributed by atoms with E-state index < -0.39 is 37.1 Å². The molecule has 1 amide bonds. The molecule has 234 valence electrons. The molecule has 44 heavy (non-hydrogen) atoms. The van der Waals surface area contributed by atoms with E-state index in [9.17, 15) is 9.18 Å². The van der Waals surface area contributed by atoms with E-state index in [1.54, 1.807) is 6.20 Å². The quantitative estimate of drug-likeness (QED) is 0.285. The van der Waals surface area contributed by atoms with Gasteiger partial charge in [0.15, 0.2) is 5.83 Å². The fraction of sp³-hybridized carbons (Fsp3) is 0.516. The van der Waals surface area contributed by atoms with Crippen molar-refractivity contribution in [3.8, 4) is 6.01 Å². The first-order chi connectivity index (χ1) is 23.1. The van der Waals surface area contributed by atoms with Crippen molar-refractivity contribution in [2.45, 2.75) is 38.8 Å². The lowest BCUT2D eigenvalue weighted by Gasteiger charge is -2.41. The highest BCUT2D eigenvalue weighted by molar-refractivity contribution is 7.59. The van der Waals surface area contributed by atoms with Gasteiger partial charge in [-0.05, 0) is 51.8 Å². The highest BCUT2D eigenvalue weighted by atomic mass is 32.1. The number of aromatic nitrogens is 4. The number of halogens is 1. The number of carbonyl (C=O) groups excluding carboxylic acids is 1. The van der Waals surface area contributed by atoms with Gasteiger partial charge in [0.1, 0.15) is 11.9 Å². The van der Waals surface area contributed by atoms with Crippen LogP contribution in [0.1, 0.15) is 37.9 Å².